The van der Waals surface area contributed by atoms with Crippen LogP contribution >= 0.6 is 0 Å². The van der Waals surface area contributed by atoms with Gasteiger partial charge >= 0.3 is 0 Å². The van der Waals surface area contributed by atoms with Crippen molar-refractivity contribution in [1.29, 1.82) is 0 Å². The van der Waals surface area contributed by atoms with E-state index in [9.17, 15) is 0 Å². The molecule has 1 atom stereocenters. The summed E-state index contributed by atoms with van der Waals surface area (Å²) in [6.07, 6.45) is 7.18. The van der Waals surface area contributed by atoms with Gasteiger partial charge in [0.2, 0.25) is 0 Å². The third-order valence-electron chi connectivity index (χ3n) is 4.90. The minimum Gasteiger partial charge on any atom is -0.412 e. The average Bonchev–Trinajstić information content (AvgIpc) is 3.19. The van der Waals surface area contributed by atoms with Gasteiger partial charge < -0.3 is 15.8 Å². The van der Waals surface area contributed by atoms with Crippen LogP contribution in [0, 0.1) is 6.58 Å². The molecular weight excluding hydrogens is 385 g/mol. The summed E-state index contributed by atoms with van der Waals surface area (Å²) in [6, 6.07) is 15.5. The molecule has 0 spiro atoms. The molecule has 0 saturated heterocycles. The number of para-hydroxylation sites is 1. The third-order valence-corrected chi connectivity index (χ3v) is 4.90. The molecule has 0 saturated carbocycles. The van der Waals surface area contributed by atoms with Crippen molar-refractivity contribution in [2.24, 2.45) is 0 Å². The molecule has 4 N–H and O–H groups in total. The Morgan fingerprint density at radius 2 is 2.04 bits per heavy atom. The third kappa shape index (κ3) is 4.12. The quantitative estimate of drug-likeness (QED) is 0.623. The number of hydrogen-bond donors (Lipinski definition) is 2. The number of aromatic amines is 1. The fourth-order valence-corrected chi connectivity index (χ4v) is 3.67. The number of benzene rings is 2. The van der Waals surface area contributed by atoms with Gasteiger partial charge in [-0.15, -0.1) is 12.1 Å². The summed E-state index contributed by atoms with van der Waals surface area (Å²) in [6.45, 7) is 6.61. The Hall–Kier alpha value is -1.26. The maximum absolute atomic E-state index is 5.61. The van der Waals surface area contributed by atoms with Crippen molar-refractivity contribution in [3.8, 4) is 0 Å². The second-order valence-electron chi connectivity index (χ2n) is 6.28. The molecule has 1 radical (unpaired) electrons. The number of fused-ring (bicyclic) bond motifs is 2. The maximum atomic E-state index is 5.61. The van der Waals surface area contributed by atoms with Crippen LogP contribution < -0.4 is 5.32 Å². The molecule has 3 aromatic rings. The Morgan fingerprint density at radius 3 is 2.88 bits per heavy atom. The molecule has 1 aliphatic rings. The van der Waals surface area contributed by atoms with Crippen LogP contribution in [0.5, 0.6) is 0 Å². The zero-order chi connectivity index (χ0) is 15.6. The first-order valence-corrected chi connectivity index (χ1v) is 8.31. The van der Waals surface area contributed by atoms with E-state index in [1.165, 1.54) is 34.0 Å². The number of nitrogens with one attached hydrogen (secondary N) is 2. The maximum Gasteiger partial charge on any atom is 0.0456 e. The molecule has 4 rings (SSSR count). The average molecular weight is 408 g/mol. The Bertz CT molecular complexity index is 856. The van der Waals surface area contributed by atoms with Crippen molar-refractivity contribution in [1.82, 2.24) is 10.3 Å². The van der Waals surface area contributed by atoms with E-state index in [1.807, 2.05) is 0 Å². The summed E-state index contributed by atoms with van der Waals surface area (Å²) in [7, 11) is 0. The largest absolute Gasteiger partial charge is 0.412 e. The van der Waals surface area contributed by atoms with Gasteiger partial charge in [-0.3, -0.25) is 6.58 Å². The van der Waals surface area contributed by atoms with Crippen molar-refractivity contribution in [2.45, 2.75) is 25.3 Å². The van der Waals surface area contributed by atoms with Crippen molar-refractivity contribution in [3.63, 3.8) is 0 Å². The van der Waals surface area contributed by atoms with Crippen LogP contribution in [-0.4, -0.2) is 17.0 Å². The summed E-state index contributed by atoms with van der Waals surface area (Å²) < 4.78 is 0. The Kier molecular flexibility index (Phi) is 7.15. The number of hydrogen-bond acceptors (Lipinski definition) is 1. The monoisotopic (exact) mass is 408 g/mol. The van der Waals surface area contributed by atoms with E-state index in [0.717, 1.165) is 24.9 Å². The van der Waals surface area contributed by atoms with Gasteiger partial charge in [0.1, 0.15) is 0 Å². The number of H-pyrrole nitrogens is 1. The van der Waals surface area contributed by atoms with Crippen LogP contribution in [0.2, 0.25) is 0 Å². The molecule has 1 aromatic heterocycles. The van der Waals surface area contributed by atoms with Gasteiger partial charge in [0.05, 0.1) is 0 Å². The Balaban J connectivity index is 0.00000113. The zero-order valence-corrected chi connectivity index (χ0v) is 17.1. The van der Waals surface area contributed by atoms with Gasteiger partial charge in [-0.2, -0.15) is 5.56 Å². The molecule has 0 fully saturated rings. The van der Waals surface area contributed by atoms with E-state index < -0.39 is 0 Å². The Morgan fingerprint density at radius 1 is 1.20 bits per heavy atom. The molecule has 1 heterocycles. The summed E-state index contributed by atoms with van der Waals surface area (Å²) in [5.74, 6) is 0. The Labute approximate surface area is 174 Å². The molecule has 0 bridgehead atoms. The van der Waals surface area contributed by atoms with Gasteiger partial charge in [0.25, 0.3) is 0 Å². The van der Waals surface area contributed by atoms with Gasteiger partial charge in [0.15, 0.2) is 0 Å². The normalized spacial score (nSPS) is 15.3. The molecule has 1 unspecified atom stereocenters. The van der Waals surface area contributed by atoms with Crippen molar-refractivity contribution in [2.75, 3.05) is 6.54 Å². The number of aromatic nitrogens is 1. The van der Waals surface area contributed by atoms with Crippen molar-refractivity contribution < 1.29 is 38.2 Å². The summed E-state index contributed by atoms with van der Waals surface area (Å²) >= 11 is 0. The van der Waals surface area contributed by atoms with Gasteiger partial charge in [0, 0.05) is 55.9 Å². The fourth-order valence-electron chi connectivity index (χ4n) is 3.67. The fraction of sp³-hybridized carbons (Fsp3) is 0.238. The van der Waals surface area contributed by atoms with Crippen LogP contribution in [0.15, 0.2) is 48.7 Å². The molecule has 3 nitrogen and oxygen atoms in total. The second kappa shape index (κ2) is 8.91. The van der Waals surface area contributed by atoms with E-state index in [2.05, 4.69) is 59.0 Å². The summed E-state index contributed by atoms with van der Waals surface area (Å²) in [5, 5.41) is 5.06. The first-order valence-electron chi connectivity index (χ1n) is 8.31. The minimum atomic E-state index is 0. The minimum absolute atomic E-state index is 0. The van der Waals surface area contributed by atoms with Crippen molar-refractivity contribution in [3.05, 3.63) is 77.5 Å². The van der Waals surface area contributed by atoms with Crippen LogP contribution in [0.25, 0.3) is 17.0 Å². The number of aryl methyl sites for hydroxylation is 1. The number of rotatable bonds is 5. The van der Waals surface area contributed by atoms with Gasteiger partial charge in [-0.05, 0) is 43.0 Å². The van der Waals surface area contributed by atoms with E-state index in [-0.39, 0.29) is 38.2 Å². The molecule has 25 heavy (non-hydrogen) atoms. The zero-order valence-electron chi connectivity index (χ0n) is 14.3. The molecule has 127 valence electrons. The molecule has 2 aromatic carbocycles. The molecular formula is C21H23N2OY-. The summed E-state index contributed by atoms with van der Waals surface area (Å²) in [4.78, 5) is 3.35. The van der Waals surface area contributed by atoms with Gasteiger partial charge in [-0.25, -0.2) is 6.08 Å². The predicted octanol–water partition coefficient (Wildman–Crippen LogP) is 3.61. The standard InChI is InChI=1S/C21H21N2.H2O.Y/c1-2-15-7-9-19-16(13-15)8-10-21(19)22-12-11-17-14-23-20-6-4-3-5-18(17)20;;/h1-7,9,13-14,21-23H,8,10-12H2;1H2;/q-1;;. The SMILES string of the molecule is O.[CH-]=Cc1ccc2c(c1)CCC2NCCc1c[nH]c2ccccc12.[Y]. The smallest absolute Gasteiger partial charge is 0.0456 e. The van der Waals surface area contributed by atoms with Crippen LogP contribution in [0.4, 0.5) is 0 Å². The molecule has 4 heteroatoms. The van der Waals surface area contributed by atoms with Gasteiger partial charge in [-0.1, -0.05) is 29.8 Å². The van der Waals surface area contributed by atoms with E-state index in [1.54, 1.807) is 6.08 Å². The van der Waals surface area contributed by atoms with E-state index in [4.69, 9.17) is 6.58 Å². The van der Waals surface area contributed by atoms with E-state index >= 15 is 0 Å². The van der Waals surface area contributed by atoms with Crippen LogP contribution in [-0.2, 0) is 45.6 Å². The molecule has 0 aliphatic heterocycles. The van der Waals surface area contributed by atoms with Crippen LogP contribution in [0.3, 0.4) is 0 Å². The van der Waals surface area contributed by atoms with Crippen molar-refractivity contribution >= 4 is 17.0 Å². The topological polar surface area (TPSA) is 59.3 Å². The predicted molar refractivity (Wildman–Crippen MR) is 99.9 cm³/mol. The molecule has 0 amide bonds. The molecule has 1 aliphatic carbocycles. The summed E-state index contributed by atoms with van der Waals surface area (Å²) in [5.41, 5.74) is 6.60. The van der Waals surface area contributed by atoms with E-state index in [0.29, 0.717) is 6.04 Å². The first kappa shape index (κ1) is 20.1. The second-order valence-corrected chi connectivity index (χ2v) is 6.28. The first-order chi connectivity index (χ1) is 11.3. The van der Waals surface area contributed by atoms with Crippen LogP contribution in [0.1, 0.15) is 34.7 Å².